The van der Waals surface area contributed by atoms with E-state index in [4.69, 9.17) is 0 Å². The topological polar surface area (TPSA) is 29.1 Å². The summed E-state index contributed by atoms with van der Waals surface area (Å²) >= 11 is 1.80. The summed E-state index contributed by atoms with van der Waals surface area (Å²) in [6.45, 7) is 0.617. The molecule has 2 aromatic rings. The molecule has 20 heavy (non-hydrogen) atoms. The van der Waals surface area contributed by atoms with Crippen LogP contribution in [0.5, 0.6) is 0 Å². The first kappa shape index (κ1) is 14.7. The summed E-state index contributed by atoms with van der Waals surface area (Å²) < 4.78 is 0. The van der Waals surface area contributed by atoms with Gasteiger partial charge < -0.3 is 5.32 Å². The van der Waals surface area contributed by atoms with Crippen molar-refractivity contribution in [3.63, 3.8) is 0 Å². The van der Waals surface area contributed by atoms with Crippen LogP contribution >= 0.6 is 11.8 Å². The van der Waals surface area contributed by atoms with Crippen LogP contribution in [0.1, 0.15) is 18.4 Å². The van der Waals surface area contributed by atoms with Gasteiger partial charge in [0.15, 0.2) is 0 Å². The zero-order chi connectivity index (χ0) is 14.0. The number of hydrogen-bond acceptors (Lipinski definition) is 2. The quantitative estimate of drug-likeness (QED) is 0.618. The fourth-order valence-corrected chi connectivity index (χ4v) is 2.70. The molecule has 2 aromatic carbocycles. The van der Waals surface area contributed by atoms with Crippen molar-refractivity contribution in [3.05, 3.63) is 66.2 Å². The highest BCUT2D eigenvalue weighted by atomic mass is 32.2. The summed E-state index contributed by atoms with van der Waals surface area (Å²) in [5.74, 6) is 1.10. The van der Waals surface area contributed by atoms with Gasteiger partial charge in [-0.3, -0.25) is 4.79 Å². The van der Waals surface area contributed by atoms with Gasteiger partial charge in [0.25, 0.3) is 0 Å². The summed E-state index contributed by atoms with van der Waals surface area (Å²) in [5, 5.41) is 2.95. The van der Waals surface area contributed by atoms with E-state index in [1.165, 1.54) is 4.90 Å². The van der Waals surface area contributed by atoms with Crippen LogP contribution in [0.2, 0.25) is 0 Å². The fraction of sp³-hybridized carbons (Fsp3) is 0.235. The van der Waals surface area contributed by atoms with Crippen molar-refractivity contribution in [1.82, 2.24) is 5.32 Å². The maximum absolute atomic E-state index is 11.7. The van der Waals surface area contributed by atoms with Gasteiger partial charge in [-0.1, -0.05) is 48.5 Å². The van der Waals surface area contributed by atoms with E-state index in [0.717, 1.165) is 17.7 Å². The van der Waals surface area contributed by atoms with Gasteiger partial charge in [-0.2, -0.15) is 0 Å². The molecule has 2 rings (SSSR count). The first-order chi connectivity index (χ1) is 9.84. The summed E-state index contributed by atoms with van der Waals surface area (Å²) in [6.07, 6.45) is 1.49. The minimum absolute atomic E-state index is 0.127. The molecule has 1 amide bonds. The smallest absolute Gasteiger partial charge is 0.220 e. The average molecular weight is 285 g/mol. The molecule has 0 aliphatic heterocycles. The average Bonchev–Trinajstić information content (AvgIpc) is 2.52. The Balaban J connectivity index is 1.59. The number of hydrogen-bond donors (Lipinski definition) is 1. The molecule has 0 aliphatic carbocycles. The van der Waals surface area contributed by atoms with Crippen molar-refractivity contribution in [2.24, 2.45) is 0 Å². The zero-order valence-corrected chi connectivity index (χ0v) is 12.2. The van der Waals surface area contributed by atoms with E-state index in [1.54, 1.807) is 11.8 Å². The third kappa shape index (κ3) is 5.49. The van der Waals surface area contributed by atoms with Gasteiger partial charge in [0.2, 0.25) is 5.91 Å². The maximum Gasteiger partial charge on any atom is 0.220 e. The lowest BCUT2D eigenvalue weighted by molar-refractivity contribution is -0.121. The third-order valence-corrected chi connectivity index (χ3v) is 3.99. The molecule has 0 aromatic heterocycles. The summed E-state index contributed by atoms with van der Waals surface area (Å²) in [4.78, 5) is 13.0. The Morgan fingerprint density at radius 2 is 1.60 bits per heavy atom. The second-order valence-electron chi connectivity index (χ2n) is 4.53. The van der Waals surface area contributed by atoms with Crippen LogP contribution in [-0.2, 0) is 11.3 Å². The van der Waals surface area contributed by atoms with E-state index in [1.807, 2.05) is 48.5 Å². The minimum atomic E-state index is 0.127. The predicted octanol–water partition coefficient (Wildman–Crippen LogP) is 3.88. The molecular weight excluding hydrogens is 266 g/mol. The molecule has 3 heteroatoms. The first-order valence-electron chi connectivity index (χ1n) is 6.83. The number of nitrogens with one attached hydrogen (secondary N) is 1. The van der Waals surface area contributed by atoms with Crippen LogP contribution in [0.4, 0.5) is 0 Å². The van der Waals surface area contributed by atoms with E-state index in [2.05, 4.69) is 17.4 Å². The van der Waals surface area contributed by atoms with Crippen molar-refractivity contribution >= 4 is 17.7 Å². The molecule has 0 heterocycles. The third-order valence-electron chi connectivity index (χ3n) is 2.89. The van der Waals surface area contributed by atoms with E-state index in [9.17, 15) is 4.79 Å². The number of carbonyl (C=O) groups excluding carboxylic acids is 1. The molecule has 0 aliphatic rings. The Morgan fingerprint density at radius 3 is 2.30 bits per heavy atom. The van der Waals surface area contributed by atoms with E-state index in [-0.39, 0.29) is 5.91 Å². The van der Waals surface area contributed by atoms with Crippen molar-refractivity contribution in [2.75, 3.05) is 5.75 Å². The number of benzene rings is 2. The van der Waals surface area contributed by atoms with Crippen LogP contribution in [0.15, 0.2) is 65.6 Å². The Morgan fingerprint density at radius 1 is 0.950 bits per heavy atom. The summed E-state index contributed by atoms with van der Waals surface area (Å²) in [5.41, 5.74) is 1.14. The second-order valence-corrected chi connectivity index (χ2v) is 5.70. The summed E-state index contributed by atoms with van der Waals surface area (Å²) in [7, 11) is 0. The van der Waals surface area contributed by atoms with E-state index in [0.29, 0.717) is 13.0 Å². The SMILES string of the molecule is O=C(CCCSc1ccccc1)NCc1ccccc1. The normalized spacial score (nSPS) is 10.2. The number of rotatable bonds is 7. The van der Waals surface area contributed by atoms with Crippen LogP contribution in [0, 0.1) is 0 Å². The molecule has 2 nitrogen and oxygen atoms in total. The van der Waals surface area contributed by atoms with Crippen molar-refractivity contribution < 1.29 is 4.79 Å². The van der Waals surface area contributed by atoms with Gasteiger partial charge in [-0.25, -0.2) is 0 Å². The number of amides is 1. The van der Waals surface area contributed by atoms with Crippen LogP contribution < -0.4 is 5.32 Å². The lowest BCUT2D eigenvalue weighted by Crippen LogP contribution is -2.22. The number of carbonyl (C=O) groups is 1. The molecule has 0 saturated heterocycles. The lowest BCUT2D eigenvalue weighted by Gasteiger charge is -2.05. The van der Waals surface area contributed by atoms with Gasteiger partial charge in [0.05, 0.1) is 0 Å². The Hall–Kier alpha value is -1.74. The molecule has 0 radical (unpaired) electrons. The Kier molecular flexibility index (Phi) is 6.18. The molecule has 0 atom stereocenters. The van der Waals surface area contributed by atoms with Gasteiger partial charge >= 0.3 is 0 Å². The highest BCUT2D eigenvalue weighted by Crippen LogP contribution is 2.18. The van der Waals surface area contributed by atoms with Gasteiger partial charge in [-0.05, 0) is 29.9 Å². The standard InChI is InChI=1S/C17H19NOS/c19-17(18-14-15-8-3-1-4-9-15)12-7-13-20-16-10-5-2-6-11-16/h1-6,8-11H,7,12-14H2,(H,18,19). The lowest BCUT2D eigenvalue weighted by atomic mass is 10.2. The maximum atomic E-state index is 11.7. The van der Waals surface area contributed by atoms with Crippen molar-refractivity contribution in [1.29, 1.82) is 0 Å². The first-order valence-corrected chi connectivity index (χ1v) is 7.81. The number of thioether (sulfide) groups is 1. The highest BCUT2D eigenvalue weighted by molar-refractivity contribution is 7.99. The van der Waals surface area contributed by atoms with Crippen LogP contribution in [0.25, 0.3) is 0 Å². The molecular formula is C17H19NOS. The van der Waals surface area contributed by atoms with Gasteiger partial charge in [0.1, 0.15) is 0 Å². The monoisotopic (exact) mass is 285 g/mol. The van der Waals surface area contributed by atoms with Crippen LogP contribution in [-0.4, -0.2) is 11.7 Å². The minimum Gasteiger partial charge on any atom is -0.352 e. The molecule has 0 unspecified atom stereocenters. The van der Waals surface area contributed by atoms with Crippen LogP contribution in [0.3, 0.4) is 0 Å². The van der Waals surface area contributed by atoms with E-state index >= 15 is 0 Å². The predicted molar refractivity (Wildman–Crippen MR) is 84.7 cm³/mol. The zero-order valence-electron chi connectivity index (χ0n) is 11.4. The van der Waals surface area contributed by atoms with Gasteiger partial charge in [0, 0.05) is 17.9 Å². The van der Waals surface area contributed by atoms with Crippen molar-refractivity contribution in [3.8, 4) is 0 Å². The molecule has 104 valence electrons. The summed E-state index contributed by atoms with van der Waals surface area (Å²) in [6, 6.07) is 20.3. The molecule has 0 spiro atoms. The molecule has 1 N–H and O–H groups in total. The second kappa shape index (κ2) is 8.43. The highest BCUT2D eigenvalue weighted by Gasteiger charge is 2.01. The van der Waals surface area contributed by atoms with Gasteiger partial charge in [-0.15, -0.1) is 11.8 Å². The molecule has 0 fully saturated rings. The van der Waals surface area contributed by atoms with E-state index < -0.39 is 0 Å². The largest absolute Gasteiger partial charge is 0.352 e. The van der Waals surface area contributed by atoms with Crippen molar-refractivity contribution in [2.45, 2.75) is 24.3 Å². The Bertz CT molecular complexity index is 513. The molecule has 0 saturated carbocycles. The molecule has 0 bridgehead atoms. The Labute approximate surface area is 124 Å². The fourth-order valence-electron chi connectivity index (χ4n) is 1.82.